The van der Waals surface area contributed by atoms with Crippen LogP contribution in [0.2, 0.25) is 0 Å². The van der Waals surface area contributed by atoms with Crippen molar-refractivity contribution in [3.63, 3.8) is 0 Å². The molecular formula is C2H2CuMnO. The standard InChI is InChI=1S/C2H2O.Cu.Mn/c1-2-3;;/h1H2;;. The van der Waals surface area contributed by atoms with Gasteiger partial charge >= 0.3 is 0 Å². The van der Waals surface area contributed by atoms with Gasteiger partial charge in [0, 0.05) is 34.1 Å². The average molecular weight is 161 g/mol. The fourth-order valence-corrected chi connectivity index (χ4v) is 0. The van der Waals surface area contributed by atoms with E-state index in [1.165, 1.54) is 5.94 Å². The SMILES string of the molecule is C=C=O.[Cu].[Mn]. The molecular weight excluding hydrogens is 159 g/mol. The fraction of sp³-hybridized carbons (Fsp3) is 0. The topological polar surface area (TPSA) is 17.1 Å². The Morgan fingerprint density at radius 2 is 1.60 bits per heavy atom. The van der Waals surface area contributed by atoms with Crippen LogP contribution in [0.25, 0.3) is 0 Å². The predicted octanol–water partition coefficient (Wildman–Crippen LogP) is -0.00100. The van der Waals surface area contributed by atoms with Crippen LogP contribution in [0.15, 0.2) is 6.58 Å². The van der Waals surface area contributed by atoms with Crippen molar-refractivity contribution in [3.8, 4) is 0 Å². The Labute approximate surface area is 51.8 Å². The first kappa shape index (κ1) is 17.9. The van der Waals surface area contributed by atoms with E-state index < -0.39 is 0 Å². The fourth-order valence-electron chi connectivity index (χ4n) is 0. The number of hydrogen-bond donors (Lipinski definition) is 0. The molecule has 0 aromatic heterocycles. The van der Waals surface area contributed by atoms with Crippen LogP contribution in [0, 0.1) is 0 Å². The Kier molecular flexibility index (Phi) is 88.0. The van der Waals surface area contributed by atoms with E-state index in [4.69, 9.17) is 4.79 Å². The second-order valence-electron chi connectivity index (χ2n) is 0.144. The van der Waals surface area contributed by atoms with Gasteiger partial charge in [-0.1, -0.05) is 0 Å². The Morgan fingerprint density at radius 1 is 1.60 bits per heavy atom. The van der Waals surface area contributed by atoms with Gasteiger partial charge < -0.3 is 0 Å². The largest absolute Gasteiger partial charge is 0.234 e. The zero-order valence-corrected chi connectivity index (χ0v) is 4.42. The molecule has 5 heavy (non-hydrogen) atoms. The van der Waals surface area contributed by atoms with Crippen LogP contribution in [0.3, 0.4) is 0 Å². The van der Waals surface area contributed by atoms with E-state index in [1.807, 2.05) is 0 Å². The van der Waals surface area contributed by atoms with Gasteiger partial charge in [-0.3, -0.25) is 0 Å². The molecule has 0 aliphatic rings. The maximum atomic E-state index is 8.57. The van der Waals surface area contributed by atoms with Gasteiger partial charge in [0.25, 0.3) is 0 Å². The molecule has 0 saturated heterocycles. The average Bonchev–Trinajstić information content (AvgIpc) is 0.918. The van der Waals surface area contributed by atoms with Gasteiger partial charge in [-0.05, 0) is 6.58 Å². The van der Waals surface area contributed by atoms with E-state index in [0.717, 1.165) is 0 Å². The zero-order chi connectivity index (χ0) is 2.71. The van der Waals surface area contributed by atoms with Gasteiger partial charge in [-0.25, -0.2) is 4.79 Å². The molecule has 0 aromatic carbocycles. The van der Waals surface area contributed by atoms with Crippen LogP contribution >= 0.6 is 0 Å². The Bertz CT molecular complexity index is 30.6. The Hall–Kier alpha value is 0.489. The third-order valence-electron chi connectivity index (χ3n) is 0. The molecule has 0 bridgehead atoms. The molecule has 34 valence electrons. The first-order valence-corrected chi connectivity index (χ1v) is 0.558. The van der Waals surface area contributed by atoms with Gasteiger partial charge in [-0.15, -0.1) is 0 Å². The van der Waals surface area contributed by atoms with Crippen molar-refractivity contribution in [3.05, 3.63) is 6.58 Å². The summed E-state index contributed by atoms with van der Waals surface area (Å²) in [5.41, 5.74) is 0. The van der Waals surface area contributed by atoms with E-state index >= 15 is 0 Å². The van der Waals surface area contributed by atoms with E-state index in [0.29, 0.717) is 0 Å². The van der Waals surface area contributed by atoms with Crippen LogP contribution in [0.4, 0.5) is 0 Å². The number of rotatable bonds is 0. The van der Waals surface area contributed by atoms with Crippen molar-refractivity contribution in [1.29, 1.82) is 0 Å². The molecule has 0 aliphatic carbocycles. The molecule has 0 N–H and O–H groups in total. The van der Waals surface area contributed by atoms with Crippen LogP contribution < -0.4 is 0 Å². The molecule has 3 heteroatoms. The number of carbonyl (C=O) groups excluding carboxylic acids is 1. The second kappa shape index (κ2) is 24.6. The van der Waals surface area contributed by atoms with Gasteiger partial charge in [0.2, 0.25) is 0 Å². The van der Waals surface area contributed by atoms with Crippen LogP contribution in [0.5, 0.6) is 0 Å². The molecule has 0 amide bonds. The summed E-state index contributed by atoms with van der Waals surface area (Å²) in [4.78, 5) is 8.57. The van der Waals surface area contributed by atoms with E-state index in [9.17, 15) is 0 Å². The molecule has 0 unspecified atom stereocenters. The van der Waals surface area contributed by atoms with E-state index in [2.05, 4.69) is 6.58 Å². The predicted molar refractivity (Wildman–Crippen MR) is 11.3 cm³/mol. The molecule has 0 saturated carbocycles. The molecule has 0 fully saturated rings. The Balaban J connectivity index is -0.0000000200. The van der Waals surface area contributed by atoms with Crippen molar-refractivity contribution in [2.24, 2.45) is 0 Å². The molecule has 2 radical (unpaired) electrons. The van der Waals surface area contributed by atoms with Crippen molar-refractivity contribution in [2.45, 2.75) is 0 Å². The van der Waals surface area contributed by atoms with Crippen LogP contribution in [-0.2, 0) is 38.9 Å². The monoisotopic (exact) mass is 160 g/mol. The van der Waals surface area contributed by atoms with E-state index in [-0.39, 0.29) is 34.1 Å². The van der Waals surface area contributed by atoms with Gasteiger partial charge in [-0.2, -0.15) is 0 Å². The first-order chi connectivity index (χ1) is 1.41. The summed E-state index contributed by atoms with van der Waals surface area (Å²) < 4.78 is 0. The van der Waals surface area contributed by atoms with Gasteiger partial charge in [0.1, 0.15) is 5.94 Å². The number of hydrogen-bond acceptors (Lipinski definition) is 1. The molecule has 1 nitrogen and oxygen atoms in total. The van der Waals surface area contributed by atoms with Crippen LogP contribution in [-0.4, -0.2) is 5.94 Å². The summed E-state index contributed by atoms with van der Waals surface area (Å²) >= 11 is 0. The van der Waals surface area contributed by atoms with Crippen LogP contribution in [0.1, 0.15) is 0 Å². The third-order valence-corrected chi connectivity index (χ3v) is 0. The third kappa shape index (κ3) is 116. The van der Waals surface area contributed by atoms with Gasteiger partial charge in [0.15, 0.2) is 0 Å². The summed E-state index contributed by atoms with van der Waals surface area (Å²) in [7, 11) is 0. The molecule has 0 aliphatic heterocycles. The molecule has 0 heterocycles. The van der Waals surface area contributed by atoms with Crippen molar-refractivity contribution in [2.75, 3.05) is 0 Å². The maximum Gasteiger partial charge on any atom is 0.116 e. The summed E-state index contributed by atoms with van der Waals surface area (Å²) in [6, 6.07) is 0. The zero-order valence-electron chi connectivity index (χ0n) is 2.29. The molecule has 0 atom stereocenters. The Morgan fingerprint density at radius 3 is 1.60 bits per heavy atom. The summed E-state index contributed by atoms with van der Waals surface area (Å²) in [5, 5.41) is 0. The minimum Gasteiger partial charge on any atom is -0.234 e. The smallest absolute Gasteiger partial charge is 0.116 e. The quantitative estimate of drug-likeness (QED) is 0.360. The summed E-state index contributed by atoms with van der Waals surface area (Å²) in [6.07, 6.45) is 0. The summed E-state index contributed by atoms with van der Waals surface area (Å²) in [6.45, 7) is 2.68. The van der Waals surface area contributed by atoms with Gasteiger partial charge in [0.05, 0.1) is 0 Å². The normalized spacial score (nSPS) is 1.60. The maximum absolute atomic E-state index is 8.57. The van der Waals surface area contributed by atoms with Crippen molar-refractivity contribution >= 4 is 5.94 Å². The molecule has 0 spiro atoms. The molecule has 0 aromatic rings. The molecule has 0 rings (SSSR count). The first-order valence-electron chi connectivity index (χ1n) is 0.558. The van der Waals surface area contributed by atoms with Crippen molar-refractivity contribution in [1.82, 2.24) is 0 Å². The summed E-state index contributed by atoms with van der Waals surface area (Å²) in [5.74, 6) is 1.25. The minimum absolute atomic E-state index is 0. The minimum atomic E-state index is 0. The second-order valence-corrected chi connectivity index (χ2v) is 0.144. The van der Waals surface area contributed by atoms with E-state index in [1.54, 1.807) is 0 Å². The van der Waals surface area contributed by atoms with Crippen molar-refractivity contribution < 1.29 is 38.9 Å².